The molecule has 2 aliphatic rings. The van der Waals surface area contributed by atoms with Crippen molar-refractivity contribution in [2.75, 3.05) is 32.6 Å². The van der Waals surface area contributed by atoms with Gasteiger partial charge in [0.15, 0.2) is 0 Å². The van der Waals surface area contributed by atoms with Crippen LogP contribution in [0.2, 0.25) is 0 Å². The standard InChI is InChI=1S/C25H28N4O5/c1-14-10-18(24(26-14)32-3)25(31)29(2)8-9-33-13-20-22(23(34-28-20)15-4-5-15)16-6-7-19-17(11-16)12-21(30)27-19/h6-7,10-11,15,26H,4-5,8-9,12-13H2,1-3H3,(H,27,30). The highest BCUT2D eigenvalue weighted by Gasteiger charge is 2.33. The first-order valence-electron chi connectivity index (χ1n) is 11.4. The molecule has 3 aromatic rings. The minimum atomic E-state index is -0.135. The highest BCUT2D eigenvalue weighted by molar-refractivity contribution is 5.99. The van der Waals surface area contributed by atoms with Crippen LogP contribution in [0.25, 0.3) is 11.1 Å². The number of hydrogen-bond acceptors (Lipinski definition) is 6. The Morgan fingerprint density at radius 3 is 2.88 bits per heavy atom. The van der Waals surface area contributed by atoms with Gasteiger partial charge in [-0.3, -0.25) is 9.59 Å². The Bertz CT molecular complexity index is 1240. The van der Waals surface area contributed by atoms with Crippen LogP contribution in [0.1, 0.15) is 51.8 Å². The van der Waals surface area contributed by atoms with E-state index in [2.05, 4.69) is 15.5 Å². The normalized spacial score (nSPS) is 14.7. The van der Waals surface area contributed by atoms with Gasteiger partial charge in [-0.05, 0) is 49.1 Å². The highest BCUT2D eigenvalue weighted by atomic mass is 16.5. The van der Waals surface area contributed by atoms with E-state index in [1.165, 1.54) is 7.11 Å². The van der Waals surface area contributed by atoms with Gasteiger partial charge in [0.2, 0.25) is 11.8 Å². The molecule has 0 atom stereocenters. The quantitative estimate of drug-likeness (QED) is 0.468. The Hall–Kier alpha value is -3.59. The van der Waals surface area contributed by atoms with Gasteiger partial charge >= 0.3 is 0 Å². The lowest BCUT2D eigenvalue weighted by atomic mass is 9.98. The Morgan fingerprint density at radius 1 is 1.29 bits per heavy atom. The van der Waals surface area contributed by atoms with Crippen LogP contribution in [0.4, 0.5) is 5.69 Å². The Labute approximate surface area is 197 Å². The van der Waals surface area contributed by atoms with Crippen molar-refractivity contribution in [2.24, 2.45) is 0 Å². The Balaban J connectivity index is 1.25. The lowest BCUT2D eigenvalue weighted by Gasteiger charge is -2.17. The maximum atomic E-state index is 12.8. The number of aromatic nitrogens is 2. The summed E-state index contributed by atoms with van der Waals surface area (Å²) in [7, 11) is 3.27. The van der Waals surface area contributed by atoms with Gasteiger partial charge in [-0.15, -0.1) is 0 Å². The van der Waals surface area contributed by atoms with Gasteiger partial charge in [0.1, 0.15) is 17.0 Å². The molecule has 1 saturated carbocycles. The first-order chi connectivity index (χ1) is 16.4. The van der Waals surface area contributed by atoms with Crippen LogP contribution < -0.4 is 10.1 Å². The van der Waals surface area contributed by atoms with E-state index in [1.807, 2.05) is 25.1 Å². The Kier molecular flexibility index (Phi) is 5.87. The largest absolute Gasteiger partial charge is 0.482 e. The molecule has 0 unspecified atom stereocenters. The molecule has 2 aromatic heterocycles. The van der Waals surface area contributed by atoms with Gasteiger partial charge in [0, 0.05) is 30.9 Å². The zero-order chi connectivity index (χ0) is 23.8. The molecule has 9 heteroatoms. The number of H-pyrrole nitrogens is 1. The lowest BCUT2D eigenvalue weighted by molar-refractivity contribution is -0.115. The number of nitrogens with zero attached hydrogens (tertiary/aromatic N) is 2. The van der Waals surface area contributed by atoms with Crippen LogP contribution in [-0.2, 0) is 22.6 Å². The predicted molar refractivity (Wildman–Crippen MR) is 125 cm³/mol. The van der Waals surface area contributed by atoms with Crippen molar-refractivity contribution in [1.29, 1.82) is 0 Å². The predicted octanol–water partition coefficient (Wildman–Crippen LogP) is 3.65. The van der Waals surface area contributed by atoms with Crippen molar-refractivity contribution in [2.45, 2.75) is 38.7 Å². The maximum absolute atomic E-state index is 12.8. The fraction of sp³-hybridized carbons (Fsp3) is 0.400. The summed E-state index contributed by atoms with van der Waals surface area (Å²) in [4.78, 5) is 29.2. The number of anilines is 1. The van der Waals surface area contributed by atoms with Crippen molar-refractivity contribution in [3.63, 3.8) is 0 Å². The monoisotopic (exact) mass is 464 g/mol. The number of carbonyl (C=O) groups excluding carboxylic acids is 2. The molecule has 1 aliphatic heterocycles. The second-order valence-corrected chi connectivity index (χ2v) is 8.92. The molecule has 0 radical (unpaired) electrons. The number of carbonyl (C=O) groups is 2. The van der Waals surface area contributed by atoms with Gasteiger partial charge in [0.05, 0.1) is 32.3 Å². The second-order valence-electron chi connectivity index (χ2n) is 8.92. The maximum Gasteiger partial charge on any atom is 0.259 e. The minimum absolute atomic E-state index is 0.00882. The number of methoxy groups -OCH3 is 1. The van der Waals surface area contributed by atoms with E-state index in [9.17, 15) is 9.59 Å². The van der Waals surface area contributed by atoms with Gasteiger partial charge < -0.3 is 29.2 Å². The molecule has 2 amide bonds. The van der Waals surface area contributed by atoms with E-state index >= 15 is 0 Å². The average Bonchev–Trinajstić information content (AvgIpc) is 3.29. The topological polar surface area (TPSA) is 110 Å². The smallest absolute Gasteiger partial charge is 0.259 e. The third-order valence-electron chi connectivity index (χ3n) is 6.26. The highest BCUT2D eigenvalue weighted by Crippen LogP contribution is 2.46. The number of aromatic amines is 1. The fourth-order valence-corrected chi connectivity index (χ4v) is 4.32. The van der Waals surface area contributed by atoms with Crippen LogP contribution in [-0.4, -0.2) is 54.2 Å². The summed E-state index contributed by atoms with van der Waals surface area (Å²) >= 11 is 0. The molecule has 1 fully saturated rings. The zero-order valence-electron chi connectivity index (χ0n) is 19.6. The molecule has 0 bridgehead atoms. The molecule has 0 spiro atoms. The molecule has 0 saturated heterocycles. The number of rotatable bonds is 9. The molecule has 1 aromatic carbocycles. The third-order valence-corrected chi connectivity index (χ3v) is 6.26. The van der Waals surface area contributed by atoms with Crippen LogP contribution in [0.3, 0.4) is 0 Å². The van der Waals surface area contributed by atoms with Gasteiger partial charge in [0.25, 0.3) is 5.91 Å². The summed E-state index contributed by atoms with van der Waals surface area (Å²) in [6.45, 7) is 2.92. The zero-order valence-corrected chi connectivity index (χ0v) is 19.6. The number of nitrogens with one attached hydrogen (secondary N) is 2. The minimum Gasteiger partial charge on any atom is -0.482 e. The molecule has 1 aliphatic carbocycles. The molecule has 9 nitrogen and oxygen atoms in total. The van der Waals surface area contributed by atoms with Gasteiger partial charge in [-0.2, -0.15) is 0 Å². The molecule has 5 rings (SSSR count). The van der Waals surface area contributed by atoms with Crippen molar-refractivity contribution in [1.82, 2.24) is 15.0 Å². The Morgan fingerprint density at radius 2 is 2.12 bits per heavy atom. The number of aryl methyl sites for hydroxylation is 1. The molecule has 34 heavy (non-hydrogen) atoms. The molecule has 178 valence electrons. The summed E-state index contributed by atoms with van der Waals surface area (Å²) in [6, 6.07) is 7.74. The molecule has 2 N–H and O–H groups in total. The second kappa shape index (κ2) is 8.98. The summed E-state index contributed by atoms with van der Waals surface area (Å²) in [5.74, 6) is 1.60. The number of hydrogen-bond donors (Lipinski definition) is 2. The summed E-state index contributed by atoms with van der Waals surface area (Å²) in [5.41, 5.74) is 5.88. The number of fused-ring (bicyclic) bond motifs is 1. The summed E-state index contributed by atoms with van der Waals surface area (Å²) in [6.07, 6.45) is 2.55. The first-order valence-corrected chi connectivity index (χ1v) is 11.4. The van der Waals surface area contributed by atoms with E-state index in [0.29, 0.717) is 36.9 Å². The van der Waals surface area contributed by atoms with Gasteiger partial charge in [-0.1, -0.05) is 11.2 Å². The van der Waals surface area contributed by atoms with E-state index in [-0.39, 0.29) is 18.4 Å². The molecular weight excluding hydrogens is 436 g/mol. The van der Waals surface area contributed by atoms with E-state index in [1.54, 1.807) is 18.0 Å². The number of benzene rings is 1. The first kappa shape index (κ1) is 22.2. The SMILES string of the molecule is COc1[nH]c(C)cc1C(=O)N(C)CCOCc1noc(C2CC2)c1-c1ccc2c(c1)CC(=O)N2. The molecular formula is C25H28N4O5. The fourth-order valence-electron chi connectivity index (χ4n) is 4.32. The van der Waals surface area contributed by atoms with Crippen molar-refractivity contribution < 1.29 is 23.6 Å². The third kappa shape index (κ3) is 4.31. The van der Waals surface area contributed by atoms with Crippen molar-refractivity contribution >= 4 is 17.5 Å². The van der Waals surface area contributed by atoms with Crippen LogP contribution >= 0.6 is 0 Å². The van der Waals surface area contributed by atoms with Crippen LogP contribution in [0.5, 0.6) is 5.88 Å². The van der Waals surface area contributed by atoms with E-state index < -0.39 is 0 Å². The summed E-state index contributed by atoms with van der Waals surface area (Å²) in [5, 5.41) is 7.17. The number of ether oxygens (including phenoxy) is 2. The van der Waals surface area contributed by atoms with E-state index in [0.717, 1.165) is 52.4 Å². The number of likely N-dealkylation sites (N-methyl/N-ethyl adjacent to an activating group) is 1. The summed E-state index contributed by atoms with van der Waals surface area (Å²) < 4.78 is 16.9. The van der Waals surface area contributed by atoms with Crippen molar-refractivity contribution in [3.8, 4) is 17.0 Å². The van der Waals surface area contributed by atoms with Crippen LogP contribution in [0, 0.1) is 6.92 Å². The number of amides is 2. The van der Waals surface area contributed by atoms with Crippen LogP contribution in [0.15, 0.2) is 28.8 Å². The average molecular weight is 465 g/mol. The molecule has 3 heterocycles. The lowest BCUT2D eigenvalue weighted by Crippen LogP contribution is -2.30. The van der Waals surface area contributed by atoms with Gasteiger partial charge in [-0.25, -0.2) is 0 Å². The van der Waals surface area contributed by atoms with E-state index in [4.69, 9.17) is 14.0 Å². The van der Waals surface area contributed by atoms with Crippen molar-refractivity contribution in [3.05, 3.63) is 52.5 Å².